The highest BCUT2D eigenvalue weighted by atomic mass is 35.5. The summed E-state index contributed by atoms with van der Waals surface area (Å²) in [5, 5.41) is 7.28. The van der Waals surface area contributed by atoms with Crippen molar-refractivity contribution in [3.63, 3.8) is 0 Å². The summed E-state index contributed by atoms with van der Waals surface area (Å²) in [5.74, 6) is -7.77. The van der Waals surface area contributed by atoms with Crippen molar-refractivity contribution in [1.82, 2.24) is 14.6 Å². The second-order valence-corrected chi connectivity index (χ2v) is 8.23. The molecule has 0 atom stereocenters. The van der Waals surface area contributed by atoms with Gasteiger partial charge in [0, 0.05) is 22.2 Å². The molecule has 4 rings (SSSR count). The second-order valence-electron chi connectivity index (χ2n) is 7.38. The van der Waals surface area contributed by atoms with E-state index in [4.69, 9.17) is 28.9 Å². The number of halogens is 8. The number of oxime groups is 1. The van der Waals surface area contributed by atoms with Crippen LogP contribution in [0, 0.1) is 5.82 Å². The van der Waals surface area contributed by atoms with Gasteiger partial charge in [-0.15, -0.1) is 0 Å². The number of rotatable bonds is 5. The second kappa shape index (κ2) is 9.56. The van der Waals surface area contributed by atoms with Crippen molar-refractivity contribution in [3.05, 3.63) is 87.4 Å². The monoisotopic (exact) mass is 561 g/mol. The first-order valence-electron chi connectivity index (χ1n) is 9.90. The van der Waals surface area contributed by atoms with E-state index in [-0.39, 0.29) is 32.2 Å². The first-order valence-corrected chi connectivity index (χ1v) is 10.7. The number of carbonyl (C=O) groups is 1. The number of benzene rings is 2. The predicted octanol–water partition coefficient (Wildman–Crippen LogP) is 5.97. The Labute approximate surface area is 213 Å². The molecular weight excluding hydrogens is 551 g/mol. The molecular formula is C22H11Cl2F6N5O2. The maximum Gasteiger partial charge on any atom is 0.459 e. The van der Waals surface area contributed by atoms with Crippen molar-refractivity contribution in [2.24, 2.45) is 10.9 Å². The van der Waals surface area contributed by atoms with Gasteiger partial charge in [0.15, 0.2) is 17.2 Å². The zero-order chi connectivity index (χ0) is 27.1. The van der Waals surface area contributed by atoms with E-state index in [1.807, 2.05) is 0 Å². The van der Waals surface area contributed by atoms with Crippen LogP contribution in [0.15, 0.2) is 59.8 Å². The Morgan fingerprint density at radius 2 is 1.68 bits per heavy atom. The number of hydrogen-bond donors (Lipinski definition) is 1. The molecule has 2 heterocycles. The predicted molar refractivity (Wildman–Crippen MR) is 121 cm³/mol. The van der Waals surface area contributed by atoms with E-state index in [9.17, 15) is 31.1 Å². The highest BCUT2D eigenvalue weighted by molar-refractivity contribution is 6.36. The smallest absolute Gasteiger partial charge is 0.380 e. The summed E-state index contributed by atoms with van der Waals surface area (Å²) >= 11 is 11.8. The third kappa shape index (κ3) is 5.18. The van der Waals surface area contributed by atoms with E-state index in [2.05, 4.69) is 20.1 Å². The summed E-state index contributed by atoms with van der Waals surface area (Å²) in [5.41, 5.74) is 2.65. The summed E-state index contributed by atoms with van der Waals surface area (Å²) < 4.78 is 81.9. The molecule has 0 bridgehead atoms. The van der Waals surface area contributed by atoms with Crippen molar-refractivity contribution >= 4 is 40.7 Å². The van der Waals surface area contributed by atoms with Crippen LogP contribution >= 0.6 is 23.2 Å². The molecule has 192 valence electrons. The minimum Gasteiger partial charge on any atom is -0.380 e. The van der Waals surface area contributed by atoms with Crippen molar-refractivity contribution < 1.29 is 36.0 Å². The maximum absolute atomic E-state index is 14.4. The average molecular weight is 562 g/mol. The van der Waals surface area contributed by atoms with Crippen LogP contribution in [-0.4, -0.2) is 32.6 Å². The van der Waals surface area contributed by atoms with Gasteiger partial charge in [-0.1, -0.05) is 28.4 Å². The average Bonchev–Trinajstić information content (AvgIpc) is 3.25. The topological polar surface area (TPSA) is 94.9 Å². The van der Waals surface area contributed by atoms with Crippen LogP contribution in [0.25, 0.3) is 16.9 Å². The van der Waals surface area contributed by atoms with Gasteiger partial charge in [-0.05, 0) is 48.5 Å². The lowest BCUT2D eigenvalue weighted by molar-refractivity contribution is -0.291. The number of fused-ring (bicyclic) bond motifs is 1. The van der Waals surface area contributed by atoms with Gasteiger partial charge in [-0.25, -0.2) is 18.7 Å². The van der Waals surface area contributed by atoms with E-state index in [1.54, 1.807) is 0 Å². The van der Waals surface area contributed by atoms with Gasteiger partial charge >= 0.3 is 18.1 Å². The highest BCUT2D eigenvalue weighted by Crippen LogP contribution is 2.44. The van der Waals surface area contributed by atoms with Gasteiger partial charge in [0.2, 0.25) is 0 Å². The number of carbonyl (C=O) groups excluding carboxylic acids is 1. The van der Waals surface area contributed by atoms with Crippen molar-refractivity contribution in [1.29, 1.82) is 0 Å². The Balaban J connectivity index is 1.76. The first kappa shape index (κ1) is 26.2. The number of hydrogen-bond acceptors (Lipinski definition) is 5. The number of nitrogens with two attached hydrogens (primary N) is 1. The molecule has 0 spiro atoms. The molecule has 2 aromatic carbocycles. The SMILES string of the molecule is N/C(=N\OC(=O)c1cc2nc(-c3ccc(F)cc3)cc(C(F)(F)C(F)(F)F)n2n1)c1ccc(Cl)cc1Cl. The Morgan fingerprint density at radius 1 is 1.00 bits per heavy atom. The molecule has 7 nitrogen and oxygen atoms in total. The van der Waals surface area contributed by atoms with E-state index in [0.29, 0.717) is 11.1 Å². The number of amidine groups is 1. The van der Waals surface area contributed by atoms with Crippen LogP contribution < -0.4 is 5.73 Å². The van der Waals surface area contributed by atoms with Crippen LogP contribution in [0.5, 0.6) is 0 Å². The van der Waals surface area contributed by atoms with Crippen LogP contribution in [0.1, 0.15) is 21.7 Å². The van der Waals surface area contributed by atoms with E-state index in [0.717, 1.165) is 30.3 Å². The number of nitrogens with zero attached hydrogens (tertiary/aromatic N) is 4. The summed E-state index contributed by atoms with van der Waals surface area (Å²) in [6, 6.07) is 9.62. The molecule has 0 fully saturated rings. The van der Waals surface area contributed by atoms with Crippen LogP contribution in [-0.2, 0) is 10.8 Å². The molecule has 0 unspecified atom stereocenters. The molecule has 0 saturated carbocycles. The Bertz CT molecular complexity index is 1540. The molecule has 0 amide bonds. The van der Waals surface area contributed by atoms with Gasteiger partial charge in [-0.3, -0.25) is 0 Å². The fourth-order valence-corrected chi connectivity index (χ4v) is 3.60. The molecule has 0 saturated heterocycles. The van der Waals surface area contributed by atoms with E-state index in [1.165, 1.54) is 18.2 Å². The molecule has 15 heteroatoms. The lowest BCUT2D eigenvalue weighted by Crippen LogP contribution is -2.36. The zero-order valence-electron chi connectivity index (χ0n) is 17.9. The largest absolute Gasteiger partial charge is 0.459 e. The molecule has 4 aromatic rings. The normalized spacial score (nSPS) is 12.7. The van der Waals surface area contributed by atoms with Gasteiger partial charge in [0.25, 0.3) is 0 Å². The lowest BCUT2D eigenvalue weighted by Gasteiger charge is -2.21. The molecule has 37 heavy (non-hydrogen) atoms. The van der Waals surface area contributed by atoms with Crippen molar-refractivity contribution in [3.8, 4) is 11.3 Å². The Hall–Kier alpha value is -3.84. The molecule has 0 aliphatic heterocycles. The molecule has 0 radical (unpaired) electrons. The van der Waals surface area contributed by atoms with Crippen LogP contribution in [0.3, 0.4) is 0 Å². The summed E-state index contributed by atoms with van der Waals surface area (Å²) in [6.45, 7) is 0. The summed E-state index contributed by atoms with van der Waals surface area (Å²) in [4.78, 5) is 21.1. The van der Waals surface area contributed by atoms with E-state index < -0.39 is 40.9 Å². The number of alkyl halides is 5. The summed E-state index contributed by atoms with van der Waals surface area (Å²) in [7, 11) is 0. The number of aromatic nitrogens is 3. The van der Waals surface area contributed by atoms with Crippen molar-refractivity contribution in [2.75, 3.05) is 0 Å². The molecule has 2 N–H and O–H groups in total. The minimum atomic E-state index is -6.01. The van der Waals surface area contributed by atoms with Gasteiger partial charge in [-0.2, -0.15) is 27.1 Å². The van der Waals surface area contributed by atoms with Gasteiger partial charge < -0.3 is 10.6 Å². The third-order valence-electron chi connectivity index (χ3n) is 4.89. The van der Waals surface area contributed by atoms with Gasteiger partial charge in [0.05, 0.1) is 10.7 Å². The van der Waals surface area contributed by atoms with Gasteiger partial charge in [0.1, 0.15) is 11.5 Å². The fraction of sp³-hybridized carbons (Fsp3) is 0.0909. The summed E-state index contributed by atoms with van der Waals surface area (Å²) in [6.07, 6.45) is -6.01. The van der Waals surface area contributed by atoms with Crippen molar-refractivity contribution in [2.45, 2.75) is 12.1 Å². The molecule has 0 aliphatic rings. The fourth-order valence-electron chi connectivity index (χ4n) is 3.10. The first-order chi connectivity index (χ1) is 17.3. The molecule has 2 aromatic heterocycles. The standard InChI is InChI=1S/C22H11Cl2F6N5O2/c23-11-3-6-13(14(24)7-11)19(31)34-37-20(36)16-9-18-32-15(10-1-4-12(25)5-2-10)8-17(35(18)33-16)21(26,27)22(28,29)30/h1-9H,(H2,31,34). The van der Waals surface area contributed by atoms with E-state index >= 15 is 0 Å². The lowest BCUT2D eigenvalue weighted by atomic mass is 10.1. The maximum atomic E-state index is 14.4. The Kier molecular flexibility index (Phi) is 6.78. The Morgan fingerprint density at radius 3 is 2.30 bits per heavy atom. The zero-order valence-corrected chi connectivity index (χ0v) is 19.4. The van der Waals surface area contributed by atoms with Crippen LogP contribution in [0.4, 0.5) is 26.3 Å². The minimum absolute atomic E-state index is 0.0330. The molecule has 0 aliphatic carbocycles. The highest BCUT2D eigenvalue weighted by Gasteiger charge is 2.60. The van der Waals surface area contributed by atoms with Crippen LogP contribution in [0.2, 0.25) is 10.0 Å². The third-order valence-corrected chi connectivity index (χ3v) is 5.44. The quantitative estimate of drug-likeness (QED) is 0.106.